The van der Waals surface area contributed by atoms with Crippen LogP contribution in [0.2, 0.25) is 10.2 Å². The van der Waals surface area contributed by atoms with Crippen molar-refractivity contribution in [1.82, 2.24) is 4.98 Å². The number of hydrogen-bond donors (Lipinski definition) is 0. The summed E-state index contributed by atoms with van der Waals surface area (Å²) in [5.74, 6) is 0. The molecular weight excluding hydrogens is 329 g/mol. The highest BCUT2D eigenvalue weighted by Crippen LogP contribution is 2.35. The highest BCUT2D eigenvalue weighted by atomic mass is 35.5. The van der Waals surface area contributed by atoms with Gasteiger partial charge in [-0.3, -0.25) is 0 Å². The highest BCUT2D eigenvalue weighted by Gasteiger charge is 2.18. The lowest BCUT2D eigenvalue weighted by atomic mass is 9.95. The van der Waals surface area contributed by atoms with Crippen LogP contribution < -0.4 is 0 Å². The molecule has 0 N–H and O–H groups in total. The molecule has 0 aliphatic heterocycles. The topological polar surface area (TPSA) is 60.5 Å². The van der Waals surface area contributed by atoms with Crippen LogP contribution in [-0.4, -0.2) is 4.98 Å². The third-order valence-corrected chi connectivity index (χ3v) is 4.38. The van der Waals surface area contributed by atoms with Crippen LogP contribution >= 0.6 is 23.2 Å². The maximum Gasteiger partial charge on any atom is 0.148 e. The Morgan fingerprint density at radius 1 is 0.957 bits per heavy atom. The Labute approximate surface area is 143 Å². The van der Waals surface area contributed by atoms with Gasteiger partial charge in [0.05, 0.1) is 21.7 Å². The first-order chi connectivity index (χ1) is 11.2. The molecule has 3 aromatic rings. The number of aromatic nitrogens is 1. The van der Waals surface area contributed by atoms with Crippen molar-refractivity contribution in [2.45, 2.75) is 6.42 Å². The molecule has 0 amide bonds. The summed E-state index contributed by atoms with van der Waals surface area (Å²) in [7, 11) is 0. The minimum atomic E-state index is 0.193. The van der Waals surface area contributed by atoms with Crippen LogP contribution in [0.25, 0.3) is 10.9 Å². The number of nitriles is 2. The monoisotopic (exact) mass is 337 g/mol. The second-order valence-electron chi connectivity index (χ2n) is 4.96. The lowest BCUT2D eigenvalue weighted by Gasteiger charge is -2.12. The summed E-state index contributed by atoms with van der Waals surface area (Å²) in [6.07, 6.45) is 0.502. The number of rotatable bonds is 2. The molecule has 0 fully saturated rings. The summed E-state index contributed by atoms with van der Waals surface area (Å²) in [6.45, 7) is 0. The van der Waals surface area contributed by atoms with E-state index in [-0.39, 0.29) is 10.7 Å². The zero-order valence-corrected chi connectivity index (χ0v) is 13.4. The van der Waals surface area contributed by atoms with Gasteiger partial charge in [0, 0.05) is 5.39 Å². The fourth-order valence-electron chi connectivity index (χ4n) is 2.55. The average Bonchev–Trinajstić information content (AvgIpc) is 2.58. The maximum absolute atomic E-state index is 9.49. The highest BCUT2D eigenvalue weighted by molar-refractivity contribution is 6.42. The normalized spacial score (nSPS) is 10.3. The Morgan fingerprint density at radius 3 is 2.35 bits per heavy atom. The molecule has 23 heavy (non-hydrogen) atoms. The van der Waals surface area contributed by atoms with E-state index < -0.39 is 0 Å². The summed E-state index contributed by atoms with van der Waals surface area (Å²) >= 11 is 12.5. The van der Waals surface area contributed by atoms with Gasteiger partial charge in [0.2, 0.25) is 0 Å². The largest absolute Gasteiger partial charge is 0.234 e. The standard InChI is InChI=1S/C18H9Cl2N3/c19-17-13(8-11-4-2-1-3-5-11)16-14(10-22)12(9-21)6-7-15(16)23-18(17)20/h1-7H,8H2. The van der Waals surface area contributed by atoms with Crippen molar-refractivity contribution in [2.24, 2.45) is 0 Å². The van der Waals surface area contributed by atoms with Gasteiger partial charge in [-0.25, -0.2) is 4.98 Å². The Kier molecular flexibility index (Phi) is 4.17. The maximum atomic E-state index is 9.49. The minimum absolute atomic E-state index is 0.193. The second kappa shape index (κ2) is 6.26. The van der Waals surface area contributed by atoms with Crippen molar-refractivity contribution in [3.8, 4) is 12.1 Å². The van der Waals surface area contributed by atoms with Gasteiger partial charge in [-0.05, 0) is 29.7 Å². The molecule has 0 saturated heterocycles. The summed E-state index contributed by atoms with van der Waals surface area (Å²) in [4.78, 5) is 4.23. The van der Waals surface area contributed by atoms with Crippen LogP contribution in [0.4, 0.5) is 0 Å². The van der Waals surface area contributed by atoms with E-state index in [1.807, 2.05) is 36.4 Å². The van der Waals surface area contributed by atoms with Gasteiger partial charge in [-0.15, -0.1) is 0 Å². The Morgan fingerprint density at radius 2 is 1.70 bits per heavy atom. The number of pyridine rings is 1. The molecule has 1 aromatic heterocycles. The molecule has 1 heterocycles. The van der Waals surface area contributed by atoms with Crippen molar-refractivity contribution in [2.75, 3.05) is 0 Å². The SMILES string of the molecule is N#Cc1ccc2nc(Cl)c(Cl)c(Cc3ccccc3)c2c1C#N. The Bertz CT molecular complexity index is 983. The van der Waals surface area contributed by atoms with Crippen molar-refractivity contribution in [1.29, 1.82) is 10.5 Å². The van der Waals surface area contributed by atoms with Gasteiger partial charge >= 0.3 is 0 Å². The summed E-state index contributed by atoms with van der Waals surface area (Å²) in [5.41, 5.74) is 2.88. The van der Waals surface area contributed by atoms with Crippen molar-refractivity contribution >= 4 is 34.1 Å². The molecular formula is C18H9Cl2N3. The van der Waals surface area contributed by atoms with Gasteiger partial charge in [-0.1, -0.05) is 53.5 Å². The predicted molar refractivity (Wildman–Crippen MR) is 90.4 cm³/mol. The van der Waals surface area contributed by atoms with Crippen molar-refractivity contribution < 1.29 is 0 Å². The molecule has 0 bridgehead atoms. The van der Waals surface area contributed by atoms with E-state index in [1.54, 1.807) is 12.1 Å². The average molecular weight is 338 g/mol. The third-order valence-electron chi connectivity index (χ3n) is 3.61. The molecule has 0 aliphatic carbocycles. The first-order valence-corrected chi connectivity index (χ1v) is 7.56. The van der Waals surface area contributed by atoms with Crippen LogP contribution in [0.15, 0.2) is 42.5 Å². The van der Waals surface area contributed by atoms with E-state index in [0.717, 1.165) is 5.56 Å². The van der Waals surface area contributed by atoms with Gasteiger partial charge in [0.15, 0.2) is 0 Å². The van der Waals surface area contributed by atoms with E-state index in [0.29, 0.717) is 33.5 Å². The summed E-state index contributed by atoms with van der Waals surface area (Å²) in [5, 5.41) is 19.8. The number of halogens is 2. The molecule has 0 radical (unpaired) electrons. The van der Waals surface area contributed by atoms with Gasteiger partial charge < -0.3 is 0 Å². The van der Waals surface area contributed by atoms with Crippen LogP contribution in [0, 0.1) is 22.7 Å². The first-order valence-electron chi connectivity index (χ1n) is 6.80. The number of benzene rings is 2. The van der Waals surface area contributed by atoms with Crippen molar-refractivity contribution in [3.63, 3.8) is 0 Å². The smallest absolute Gasteiger partial charge is 0.148 e. The molecule has 3 rings (SSSR count). The Balaban J connectivity index is 2.36. The molecule has 0 spiro atoms. The fourth-order valence-corrected chi connectivity index (χ4v) is 2.96. The first kappa shape index (κ1) is 15.3. The third kappa shape index (κ3) is 2.73. The number of nitrogens with zero attached hydrogens (tertiary/aromatic N) is 3. The molecule has 110 valence electrons. The predicted octanol–water partition coefficient (Wildman–Crippen LogP) is 4.88. The summed E-state index contributed by atoms with van der Waals surface area (Å²) < 4.78 is 0. The van der Waals surface area contributed by atoms with Crippen molar-refractivity contribution in [3.05, 3.63) is 74.9 Å². The molecule has 0 aliphatic rings. The molecule has 0 unspecified atom stereocenters. The molecule has 0 atom stereocenters. The quantitative estimate of drug-likeness (QED) is 0.626. The molecule has 0 saturated carbocycles. The molecule has 5 heteroatoms. The molecule has 2 aromatic carbocycles. The number of fused-ring (bicyclic) bond motifs is 1. The lowest BCUT2D eigenvalue weighted by molar-refractivity contribution is 1.19. The van der Waals surface area contributed by atoms with E-state index in [1.165, 1.54) is 0 Å². The van der Waals surface area contributed by atoms with E-state index in [4.69, 9.17) is 23.2 Å². The van der Waals surface area contributed by atoms with Gasteiger partial charge in [0.25, 0.3) is 0 Å². The van der Waals surface area contributed by atoms with E-state index in [2.05, 4.69) is 11.1 Å². The van der Waals surface area contributed by atoms with Gasteiger partial charge in [-0.2, -0.15) is 10.5 Å². The Hall–Kier alpha value is -2.59. The van der Waals surface area contributed by atoms with Crippen LogP contribution in [0.3, 0.4) is 0 Å². The van der Waals surface area contributed by atoms with E-state index in [9.17, 15) is 10.5 Å². The zero-order valence-electron chi connectivity index (χ0n) is 11.8. The van der Waals surface area contributed by atoms with Crippen LogP contribution in [0.1, 0.15) is 22.3 Å². The fraction of sp³-hybridized carbons (Fsp3) is 0.0556. The summed E-state index contributed by atoms with van der Waals surface area (Å²) in [6, 6.07) is 17.1. The van der Waals surface area contributed by atoms with Crippen LogP contribution in [0.5, 0.6) is 0 Å². The number of hydrogen-bond acceptors (Lipinski definition) is 3. The van der Waals surface area contributed by atoms with Gasteiger partial charge in [0.1, 0.15) is 17.3 Å². The minimum Gasteiger partial charge on any atom is -0.234 e. The molecule has 3 nitrogen and oxygen atoms in total. The second-order valence-corrected chi connectivity index (χ2v) is 5.70. The van der Waals surface area contributed by atoms with E-state index >= 15 is 0 Å². The zero-order chi connectivity index (χ0) is 16.4. The van der Waals surface area contributed by atoms with Crippen LogP contribution in [-0.2, 0) is 6.42 Å². The lowest BCUT2D eigenvalue weighted by Crippen LogP contribution is -1.98.